The van der Waals surface area contributed by atoms with Crippen molar-refractivity contribution >= 4 is 15.9 Å². The quantitative estimate of drug-likeness (QED) is 0.875. The molecule has 0 spiro atoms. The van der Waals surface area contributed by atoms with Gasteiger partial charge in [-0.15, -0.1) is 0 Å². The summed E-state index contributed by atoms with van der Waals surface area (Å²) < 4.78 is 20.3. The van der Waals surface area contributed by atoms with Gasteiger partial charge in [-0.05, 0) is 42.4 Å². The van der Waals surface area contributed by atoms with Gasteiger partial charge in [-0.25, -0.2) is 4.39 Å². The number of hydrogen-bond acceptors (Lipinski definition) is 2. The third-order valence-corrected chi connectivity index (χ3v) is 3.09. The normalized spacial score (nSPS) is 10.5. The van der Waals surface area contributed by atoms with Crippen molar-refractivity contribution in [1.82, 2.24) is 5.32 Å². The van der Waals surface area contributed by atoms with E-state index in [1.807, 2.05) is 25.1 Å². The van der Waals surface area contributed by atoms with Gasteiger partial charge in [0.05, 0.1) is 0 Å². The number of halogens is 2. The van der Waals surface area contributed by atoms with E-state index in [1.165, 1.54) is 6.07 Å². The average molecular weight is 324 g/mol. The molecular formula is C15H15BrFNO. The third-order valence-electron chi connectivity index (χ3n) is 2.60. The van der Waals surface area contributed by atoms with Crippen LogP contribution in [0.2, 0.25) is 0 Å². The fraction of sp³-hybridized carbons (Fsp3) is 0.200. The highest BCUT2D eigenvalue weighted by Gasteiger charge is 2.06. The van der Waals surface area contributed by atoms with E-state index < -0.39 is 0 Å². The highest BCUT2D eigenvalue weighted by atomic mass is 79.9. The summed E-state index contributed by atoms with van der Waals surface area (Å²) >= 11 is 3.35. The summed E-state index contributed by atoms with van der Waals surface area (Å²) in [6.45, 7) is 3.53. The molecule has 0 atom stereocenters. The number of nitrogens with one attached hydrogen (secondary N) is 1. The molecule has 0 unspecified atom stereocenters. The molecule has 0 heterocycles. The van der Waals surface area contributed by atoms with Gasteiger partial charge in [0.1, 0.15) is 5.75 Å². The van der Waals surface area contributed by atoms with Crippen LogP contribution in [0.25, 0.3) is 0 Å². The summed E-state index contributed by atoms with van der Waals surface area (Å²) in [6.07, 6.45) is 0. The van der Waals surface area contributed by atoms with Crippen LogP contribution in [0.1, 0.15) is 12.5 Å². The highest BCUT2D eigenvalue weighted by molar-refractivity contribution is 9.10. The van der Waals surface area contributed by atoms with Gasteiger partial charge >= 0.3 is 0 Å². The Morgan fingerprint density at radius 1 is 1.21 bits per heavy atom. The third kappa shape index (κ3) is 4.04. The lowest BCUT2D eigenvalue weighted by molar-refractivity contribution is 0.441. The highest BCUT2D eigenvalue weighted by Crippen LogP contribution is 2.27. The Balaban J connectivity index is 2.13. The molecule has 0 radical (unpaired) electrons. The maximum atomic E-state index is 13.9. The molecule has 2 aromatic carbocycles. The standard InChI is InChI=1S/C15H15BrFNO/c1-2-18-10-11-6-7-15(14(17)8-11)19-13-5-3-4-12(16)9-13/h3-9,18H,2,10H2,1H3. The van der Waals surface area contributed by atoms with Gasteiger partial charge in [-0.3, -0.25) is 0 Å². The molecule has 0 fully saturated rings. The fourth-order valence-corrected chi connectivity index (χ4v) is 2.04. The van der Waals surface area contributed by atoms with E-state index in [9.17, 15) is 4.39 Å². The van der Waals surface area contributed by atoms with Crippen LogP contribution in [0, 0.1) is 5.82 Å². The van der Waals surface area contributed by atoms with Gasteiger partial charge in [-0.1, -0.05) is 35.0 Å². The molecule has 0 saturated heterocycles. The molecule has 2 aromatic rings. The number of ether oxygens (including phenoxy) is 1. The Bertz CT molecular complexity index is 560. The molecule has 0 aliphatic heterocycles. The van der Waals surface area contributed by atoms with Crippen LogP contribution >= 0.6 is 15.9 Å². The Labute approximate surface area is 120 Å². The van der Waals surface area contributed by atoms with Gasteiger partial charge in [0.2, 0.25) is 0 Å². The Kier molecular flexibility index (Phi) is 4.93. The topological polar surface area (TPSA) is 21.3 Å². The van der Waals surface area contributed by atoms with Crippen LogP contribution in [-0.2, 0) is 6.54 Å². The Morgan fingerprint density at radius 3 is 2.74 bits per heavy atom. The first-order valence-electron chi connectivity index (χ1n) is 6.11. The minimum Gasteiger partial charge on any atom is -0.454 e. The van der Waals surface area contributed by atoms with E-state index in [0.29, 0.717) is 12.3 Å². The number of rotatable bonds is 5. The summed E-state index contributed by atoms with van der Waals surface area (Å²) in [5.74, 6) is 0.487. The van der Waals surface area contributed by atoms with Crippen LogP contribution in [0.15, 0.2) is 46.9 Å². The Hall–Kier alpha value is -1.39. The first-order chi connectivity index (χ1) is 9.19. The van der Waals surface area contributed by atoms with Crippen molar-refractivity contribution in [2.45, 2.75) is 13.5 Å². The summed E-state index contributed by atoms with van der Waals surface area (Å²) in [6, 6.07) is 12.3. The van der Waals surface area contributed by atoms with Crippen LogP contribution < -0.4 is 10.1 Å². The predicted octanol–water partition coefficient (Wildman–Crippen LogP) is 4.49. The largest absolute Gasteiger partial charge is 0.454 e. The number of hydrogen-bond donors (Lipinski definition) is 1. The molecule has 19 heavy (non-hydrogen) atoms. The molecule has 0 amide bonds. The van der Waals surface area contributed by atoms with E-state index in [4.69, 9.17) is 4.74 Å². The van der Waals surface area contributed by atoms with Gasteiger partial charge in [0.25, 0.3) is 0 Å². The molecule has 2 rings (SSSR count). The maximum absolute atomic E-state index is 13.9. The van der Waals surface area contributed by atoms with Crippen LogP contribution in [0.3, 0.4) is 0 Å². The first-order valence-corrected chi connectivity index (χ1v) is 6.91. The smallest absolute Gasteiger partial charge is 0.166 e. The lowest BCUT2D eigenvalue weighted by Gasteiger charge is -2.09. The van der Waals surface area contributed by atoms with Gasteiger partial charge in [-0.2, -0.15) is 0 Å². The summed E-state index contributed by atoms with van der Waals surface area (Å²) in [5, 5.41) is 3.15. The second-order valence-electron chi connectivity index (χ2n) is 4.10. The van der Waals surface area contributed by atoms with Crippen molar-refractivity contribution in [2.24, 2.45) is 0 Å². The SMILES string of the molecule is CCNCc1ccc(Oc2cccc(Br)c2)c(F)c1. The zero-order valence-corrected chi connectivity index (χ0v) is 12.2. The fourth-order valence-electron chi connectivity index (χ4n) is 1.66. The molecule has 4 heteroatoms. The molecular weight excluding hydrogens is 309 g/mol. The van der Waals surface area contributed by atoms with Crippen molar-refractivity contribution in [3.8, 4) is 11.5 Å². The monoisotopic (exact) mass is 323 g/mol. The van der Waals surface area contributed by atoms with Crippen molar-refractivity contribution in [2.75, 3.05) is 6.54 Å². The second kappa shape index (κ2) is 6.68. The van der Waals surface area contributed by atoms with E-state index in [0.717, 1.165) is 16.6 Å². The van der Waals surface area contributed by atoms with Crippen molar-refractivity contribution in [3.05, 3.63) is 58.3 Å². The molecule has 0 aliphatic carbocycles. The Morgan fingerprint density at radius 2 is 2.05 bits per heavy atom. The molecule has 0 saturated carbocycles. The zero-order valence-electron chi connectivity index (χ0n) is 10.6. The van der Waals surface area contributed by atoms with E-state index in [-0.39, 0.29) is 11.6 Å². The summed E-state index contributed by atoms with van der Waals surface area (Å²) in [7, 11) is 0. The molecule has 100 valence electrons. The predicted molar refractivity (Wildman–Crippen MR) is 78.0 cm³/mol. The molecule has 0 aromatic heterocycles. The lowest BCUT2D eigenvalue weighted by Crippen LogP contribution is -2.11. The minimum atomic E-state index is -0.352. The molecule has 0 aliphatic rings. The lowest BCUT2D eigenvalue weighted by atomic mass is 10.2. The van der Waals surface area contributed by atoms with E-state index in [2.05, 4.69) is 21.2 Å². The first kappa shape index (κ1) is 14.0. The van der Waals surface area contributed by atoms with E-state index in [1.54, 1.807) is 18.2 Å². The van der Waals surface area contributed by atoms with Crippen LogP contribution in [-0.4, -0.2) is 6.54 Å². The van der Waals surface area contributed by atoms with Gasteiger partial charge in [0, 0.05) is 11.0 Å². The number of benzene rings is 2. The van der Waals surface area contributed by atoms with Crippen molar-refractivity contribution in [1.29, 1.82) is 0 Å². The minimum absolute atomic E-state index is 0.235. The van der Waals surface area contributed by atoms with Gasteiger partial charge in [0.15, 0.2) is 11.6 Å². The second-order valence-corrected chi connectivity index (χ2v) is 5.02. The van der Waals surface area contributed by atoms with Gasteiger partial charge < -0.3 is 10.1 Å². The molecule has 1 N–H and O–H groups in total. The average Bonchev–Trinajstić information content (AvgIpc) is 2.39. The van der Waals surface area contributed by atoms with E-state index >= 15 is 0 Å². The zero-order chi connectivity index (χ0) is 13.7. The van der Waals surface area contributed by atoms with Crippen molar-refractivity contribution in [3.63, 3.8) is 0 Å². The maximum Gasteiger partial charge on any atom is 0.166 e. The molecule has 0 bridgehead atoms. The molecule has 2 nitrogen and oxygen atoms in total. The summed E-state index contributed by atoms with van der Waals surface area (Å²) in [5.41, 5.74) is 0.904. The summed E-state index contributed by atoms with van der Waals surface area (Å²) in [4.78, 5) is 0. The van der Waals surface area contributed by atoms with Crippen LogP contribution in [0.4, 0.5) is 4.39 Å². The van der Waals surface area contributed by atoms with Crippen LogP contribution in [0.5, 0.6) is 11.5 Å². The van der Waals surface area contributed by atoms with Crippen molar-refractivity contribution < 1.29 is 9.13 Å².